The van der Waals surface area contributed by atoms with Crippen molar-refractivity contribution in [1.29, 1.82) is 0 Å². The van der Waals surface area contributed by atoms with Crippen molar-refractivity contribution in [1.82, 2.24) is 15.1 Å². The predicted molar refractivity (Wildman–Crippen MR) is 88.8 cm³/mol. The molecule has 1 saturated heterocycles. The molecule has 7 heteroatoms. The van der Waals surface area contributed by atoms with Gasteiger partial charge in [0.2, 0.25) is 5.88 Å². The number of nitrogens with zero attached hydrogens (tertiary/aromatic N) is 3. The van der Waals surface area contributed by atoms with Crippen molar-refractivity contribution in [3.63, 3.8) is 0 Å². The van der Waals surface area contributed by atoms with E-state index in [9.17, 15) is 4.79 Å². The first-order chi connectivity index (χ1) is 11.3. The van der Waals surface area contributed by atoms with E-state index in [-0.39, 0.29) is 11.7 Å². The maximum absolute atomic E-state index is 12.2. The van der Waals surface area contributed by atoms with Crippen LogP contribution < -0.4 is 4.74 Å². The lowest BCUT2D eigenvalue weighted by Crippen LogP contribution is -2.40. The van der Waals surface area contributed by atoms with Crippen molar-refractivity contribution < 1.29 is 19.0 Å². The first-order valence-corrected chi connectivity index (χ1v) is 8.25. The van der Waals surface area contributed by atoms with Crippen LogP contribution in [0.4, 0.5) is 4.79 Å². The molecule has 1 aromatic rings. The van der Waals surface area contributed by atoms with Crippen LogP contribution in [0.5, 0.6) is 5.88 Å². The largest absolute Gasteiger partial charge is 0.480 e. The van der Waals surface area contributed by atoms with Gasteiger partial charge in [-0.2, -0.15) is 0 Å². The fourth-order valence-electron chi connectivity index (χ4n) is 2.60. The Morgan fingerprint density at radius 2 is 2.08 bits per heavy atom. The third kappa shape index (κ3) is 4.80. The van der Waals surface area contributed by atoms with E-state index in [2.05, 4.69) is 17.1 Å². The Bertz CT molecular complexity index is 556. The average Bonchev–Trinajstić information content (AvgIpc) is 2.97. The number of methoxy groups -OCH3 is 1. The summed E-state index contributed by atoms with van der Waals surface area (Å²) in [6.45, 7) is 9.19. The maximum atomic E-state index is 12.2. The molecule has 1 aliphatic rings. The quantitative estimate of drug-likeness (QED) is 0.822. The van der Waals surface area contributed by atoms with Crippen LogP contribution in [0.25, 0.3) is 0 Å². The SMILES string of the molecule is CCC1(OCc2ccc(OC)nn2)CCN(C(=O)OC(C)(C)C)C1. The molecule has 1 unspecified atom stereocenters. The summed E-state index contributed by atoms with van der Waals surface area (Å²) in [4.78, 5) is 13.9. The summed E-state index contributed by atoms with van der Waals surface area (Å²) >= 11 is 0. The standard InChI is InChI=1S/C17H27N3O4/c1-6-17(23-11-13-7-8-14(22-5)19-18-13)9-10-20(12-17)15(21)24-16(2,3)4/h7-8H,6,9-12H2,1-5H3. The highest BCUT2D eigenvalue weighted by Crippen LogP contribution is 2.30. The zero-order valence-corrected chi connectivity index (χ0v) is 15.2. The van der Waals surface area contributed by atoms with Gasteiger partial charge in [0.15, 0.2) is 0 Å². The lowest BCUT2D eigenvalue weighted by molar-refractivity contribution is -0.0542. The van der Waals surface area contributed by atoms with E-state index in [1.54, 1.807) is 18.1 Å². The van der Waals surface area contributed by atoms with Crippen molar-refractivity contribution in [2.45, 2.75) is 58.3 Å². The molecule has 1 amide bonds. The molecule has 2 rings (SSSR count). The molecule has 1 aliphatic heterocycles. The van der Waals surface area contributed by atoms with Crippen LogP contribution in [0, 0.1) is 0 Å². The third-order valence-corrected chi connectivity index (χ3v) is 4.04. The topological polar surface area (TPSA) is 73.8 Å². The van der Waals surface area contributed by atoms with Crippen molar-refractivity contribution in [2.24, 2.45) is 0 Å². The second kappa shape index (κ2) is 7.34. The highest BCUT2D eigenvalue weighted by molar-refractivity contribution is 5.68. The van der Waals surface area contributed by atoms with E-state index in [0.29, 0.717) is 25.6 Å². The molecule has 1 aromatic heterocycles. The van der Waals surface area contributed by atoms with Gasteiger partial charge in [-0.15, -0.1) is 10.2 Å². The molecule has 1 fully saturated rings. The minimum Gasteiger partial charge on any atom is -0.480 e. The summed E-state index contributed by atoms with van der Waals surface area (Å²) in [5.74, 6) is 0.473. The number of carbonyl (C=O) groups excluding carboxylic acids is 1. The number of hydrogen-bond donors (Lipinski definition) is 0. The third-order valence-electron chi connectivity index (χ3n) is 4.04. The van der Waals surface area contributed by atoms with Crippen LogP contribution in [0.15, 0.2) is 12.1 Å². The molecule has 0 N–H and O–H groups in total. The molecule has 0 spiro atoms. The molecule has 7 nitrogen and oxygen atoms in total. The average molecular weight is 337 g/mol. The fourth-order valence-corrected chi connectivity index (χ4v) is 2.60. The van der Waals surface area contributed by atoms with Crippen LogP contribution in [0.1, 0.15) is 46.2 Å². The molecule has 0 bridgehead atoms. The summed E-state index contributed by atoms with van der Waals surface area (Å²) in [7, 11) is 1.55. The molecule has 24 heavy (non-hydrogen) atoms. The zero-order chi connectivity index (χ0) is 17.8. The summed E-state index contributed by atoms with van der Waals surface area (Å²) in [6.07, 6.45) is 1.31. The monoisotopic (exact) mass is 337 g/mol. The Balaban J connectivity index is 1.93. The van der Waals surface area contributed by atoms with Gasteiger partial charge in [-0.3, -0.25) is 0 Å². The van der Waals surface area contributed by atoms with Crippen LogP contribution in [0.3, 0.4) is 0 Å². The van der Waals surface area contributed by atoms with Gasteiger partial charge in [0, 0.05) is 12.6 Å². The molecule has 0 saturated carbocycles. The number of hydrogen-bond acceptors (Lipinski definition) is 6. The van der Waals surface area contributed by atoms with E-state index >= 15 is 0 Å². The van der Waals surface area contributed by atoms with Gasteiger partial charge in [0.05, 0.1) is 31.6 Å². The van der Waals surface area contributed by atoms with Crippen LogP contribution in [-0.2, 0) is 16.1 Å². The smallest absolute Gasteiger partial charge is 0.410 e. The molecule has 134 valence electrons. The zero-order valence-electron chi connectivity index (χ0n) is 15.2. The Labute approximate surface area is 143 Å². The number of likely N-dealkylation sites (tertiary alicyclic amines) is 1. The Hall–Kier alpha value is -1.89. The van der Waals surface area contributed by atoms with E-state index in [1.165, 1.54) is 0 Å². The van der Waals surface area contributed by atoms with Gasteiger partial charge in [0.1, 0.15) is 5.60 Å². The van der Waals surface area contributed by atoms with Gasteiger partial charge in [-0.25, -0.2) is 4.79 Å². The number of aromatic nitrogens is 2. The highest BCUT2D eigenvalue weighted by atomic mass is 16.6. The molecule has 0 aliphatic carbocycles. The Morgan fingerprint density at radius 3 is 2.62 bits per heavy atom. The second-order valence-electron chi connectivity index (χ2n) is 7.04. The number of amides is 1. The molecule has 1 atom stereocenters. The van der Waals surface area contributed by atoms with Crippen LogP contribution in [0.2, 0.25) is 0 Å². The normalized spacial score (nSPS) is 21.0. The number of rotatable bonds is 5. The van der Waals surface area contributed by atoms with Crippen molar-refractivity contribution in [2.75, 3.05) is 20.2 Å². The Morgan fingerprint density at radius 1 is 1.33 bits per heavy atom. The molecule has 0 aromatic carbocycles. The van der Waals surface area contributed by atoms with Gasteiger partial charge in [0.25, 0.3) is 0 Å². The minimum atomic E-state index is -0.492. The molecular weight excluding hydrogens is 310 g/mol. The first-order valence-electron chi connectivity index (χ1n) is 8.25. The van der Waals surface area contributed by atoms with Gasteiger partial charge < -0.3 is 19.1 Å². The summed E-state index contributed by atoms with van der Waals surface area (Å²) < 4.78 is 16.6. The number of carbonyl (C=O) groups is 1. The van der Waals surface area contributed by atoms with E-state index in [4.69, 9.17) is 14.2 Å². The van der Waals surface area contributed by atoms with Gasteiger partial charge in [-0.05, 0) is 39.7 Å². The molecule has 2 heterocycles. The summed E-state index contributed by atoms with van der Waals surface area (Å²) in [5, 5.41) is 8.01. The fraction of sp³-hybridized carbons (Fsp3) is 0.706. The minimum absolute atomic E-state index is 0.286. The van der Waals surface area contributed by atoms with Crippen LogP contribution >= 0.6 is 0 Å². The molecular formula is C17H27N3O4. The lowest BCUT2D eigenvalue weighted by Gasteiger charge is -2.29. The van der Waals surface area contributed by atoms with Gasteiger partial charge >= 0.3 is 6.09 Å². The summed E-state index contributed by atoms with van der Waals surface area (Å²) in [6, 6.07) is 3.59. The second-order valence-corrected chi connectivity index (χ2v) is 7.04. The maximum Gasteiger partial charge on any atom is 0.410 e. The van der Waals surface area contributed by atoms with E-state index < -0.39 is 5.60 Å². The van der Waals surface area contributed by atoms with E-state index in [0.717, 1.165) is 18.5 Å². The predicted octanol–water partition coefficient (Wildman–Crippen LogP) is 2.79. The van der Waals surface area contributed by atoms with E-state index in [1.807, 2.05) is 26.8 Å². The highest BCUT2D eigenvalue weighted by Gasteiger charge is 2.41. The Kier molecular flexibility index (Phi) is 5.64. The summed E-state index contributed by atoms with van der Waals surface area (Å²) in [5.41, 5.74) is -0.119. The van der Waals surface area contributed by atoms with Gasteiger partial charge in [-0.1, -0.05) is 6.92 Å². The molecule has 0 radical (unpaired) electrons. The lowest BCUT2D eigenvalue weighted by atomic mass is 10.00. The van der Waals surface area contributed by atoms with Crippen molar-refractivity contribution >= 4 is 6.09 Å². The first kappa shape index (κ1) is 18.4. The number of ether oxygens (including phenoxy) is 3. The van der Waals surface area contributed by atoms with Crippen molar-refractivity contribution in [3.05, 3.63) is 17.8 Å². The van der Waals surface area contributed by atoms with Crippen molar-refractivity contribution in [3.8, 4) is 5.88 Å². The van der Waals surface area contributed by atoms with Crippen LogP contribution in [-0.4, -0.2) is 52.6 Å².